The minimum absolute atomic E-state index is 0.0390. The average molecular weight is 447 g/mol. The van der Waals surface area contributed by atoms with Gasteiger partial charge >= 0.3 is 0 Å². The first-order valence-corrected chi connectivity index (χ1v) is 10.7. The van der Waals surface area contributed by atoms with Gasteiger partial charge in [-0.2, -0.15) is 0 Å². The van der Waals surface area contributed by atoms with Crippen molar-refractivity contribution in [2.45, 2.75) is 39.5 Å². The number of aryl methyl sites for hydroxylation is 1. The number of nitrogens with zero attached hydrogens (tertiary/aromatic N) is 1. The molecule has 142 valence electrons. The van der Waals surface area contributed by atoms with E-state index in [1.54, 1.807) is 0 Å². The highest BCUT2D eigenvalue weighted by molar-refractivity contribution is 9.10. The summed E-state index contributed by atoms with van der Waals surface area (Å²) in [6, 6.07) is 12.1. The number of carbonyl (C=O) groups excluding carboxylic acids is 1. The Morgan fingerprint density at radius 1 is 1.26 bits per heavy atom. The van der Waals surface area contributed by atoms with Crippen LogP contribution < -0.4 is 10.1 Å². The lowest BCUT2D eigenvalue weighted by Crippen LogP contribution is -2.20. The fourth-order valence-corrected chi connectivity index (χ4v) is 4.14. The largest absolute Gasteiger partial charge is 0.483 e. The van der Waals surface area contributed by atoms with Gasteiger partial charge in [-0.25, -0.2) is 4.98 Å². The molecule has 0 bridgehead atoms. The highest BCUT2D eigenvalue weighted by atomic mass is 79.9. The van der Waals surface area contributed by atoms with E-state index in [0.717, 1.165) is 38.8 Å². The van der Waals surface area contributed by atoms with Crippen LogP contribution in [0.5, 0.6) is 5.75 Å². The molecule has 2 aromatic carbocycles. The van der Waals surface area contributed by atoms with Crippen LogP contribution in [-0.4, -0.2) is 17.5 Å². The summed E-state index contributed by atoms with van der Waals surface area (Å²) in [5, 5.41) is 3.45. The number of nitrogens with one attached hydrogen (secondary N) is 1. The standard InChI is InChI=1S/C21H23BrN2O2S/c1-4-13(3)15-6-8-17-19(11-15)27-21(23-17)24-20(25)12-26-18-9-7-16(22)10-14(18)5-2/h6-11,13H,4-5,12H2,1-3H3,(H,23,24,25). The highest BCUT2D eigenvalue weighted by Gasteiger charge is 2.12. The summed E-state index contributed by atoms with van der Waals surface area (Å²) in [5.74, 6) is 1.04. The maximum absolute atomic E-state index is 12.3. The SMILES string of the molecule is CCc1cc(Br)ccc1OCC(=O)Nc1nc2ccc(C(C)CC)cc2s1. The van der Waals surface area contributed by atoms with Gasteiger partial charge in [-0.05, 0) is 60.2 Å². The molecule has 0 spiro atoms. The maximum Gasteiger partial charge on any atom is 0.264 e. The summed E-state index contributed by atoms with van der Waals surface area (Å²) >= 11 is 4.95. The van der Waals surface area contributed by atoms with Gasteiger partial charge in [0.15, 0.2) is 11.7 Å². The number of benzene rings is 2. The van der Waals surface area contributed by atoms with E-state index in [1.807, 2.05) is 24.3 Å². The number of amides is 1. The number of hydrogen-bond donors (Lipinski definition) is 1. The number of thiazole rings is 1. The Hall–Kier alpha value is -1.92. The van der Waals surface area contributed by atoms with E-state index in [2.05, 4.69) is 59.1 Å². The minimum Gasteiger partial charge on any atom is -0.483 e. The molecule has 3 rings (SSSR count). The van der Waals surface area contributed by atoms with Crippen LogP contribution in [0.1, 0.15) is 44.2 Å². The van der Waals surface area contributed by atoms with Crippen LogP contribution in [0.25, 0.3) is 10.2 Å². The first kappa shape index (κ1) is 19.8. The number of anilines is 1. The second-order valence-electron chi connectivity index (χ2n) is 6.50. The Balaban J connectivity index is 1.65. The van der Waals surface area contributed by atoms with Crippen molar-refractivity contribution in [3.8, 4) is 5.75 Å². The number of hydrogen-bond acceptors (Lipinski definition) is 4. The first-order chi connectivity index (χ1) is 13.0. The Bertz CT molecular complexity index is 955. The van der Waals surface area contributed by atoms with Gasteiger partial charge < -0.3 is 4.74 Å². The van der Waals surface area contributed by atoms with Crippen molar-refractivity contribution < 1.29 is 9.53 Å². The fourth-order valence-electron chi connectivity index (χ4n) is 2.80. The topological polar surface area (TPSA) is 51.2 Å². The molecule has 0 fully saturated rings. The third-order valence-corrected chi connectivity index (χ3v) is 6.03. The van der Waals surface area contributed by atoms with Crippen LogP contribution >= 0.6 is 27.3 Å². The van der Waals surface area contributed by atoms with Crippen LogP contribution in [0.3, 0.4) is 0 Å². The number of aromatic nitrogens is 1. The van der Waals surface area contributed by atoms with Gasteiger partial charge in [-0.1, -0.05) is 54.1 Å². The lowest BCUT2D eigenvalue weighted by atomic mass is 9.99. The molecule has 6 heteroatoms. The van der Waals surface area contributed by atoms with E-state index < -0.39 is 0 Å². The van der Waals surface area contributed by atoms with Gasteiger partial charge in [0.1, 0.15) is 5.75 Å². The molecular formula is C21H23BrN2O2S. The Morgan fingerprint density at radius 3 is 2.81 bits per heavy atom. The number of fused-ring (bicyclic) bond motifs is 1. The predicted molar refractivity (Wildman–Crippen MR) is 116 cm³/mol. The monoisotopic (exact) mass is 446 g/mol. The Labute approximate surface area is 172 Å². The normalized spacial score (nSPS) is 12.1. The highest BCUT2D eigenvalue weighted by Crippen LogP contribution is 2.30. The zero-order chi connectivity index (χ0) is 19.4. The lowest BCUT2D eigenvalue weighted by Gasteiger charge is -2.10. The van der Waals surface area contributed by atoms with Crippen LogP contribution in [0, 0.1) is 0 Å². The molecule has 0 aliphatic rings. The second kappa shape index (κ2) is 8.85. The van der Waals surface area contributed by atoms with Crippen LogP contribution in [0.15, 0.2) is 40.9 Å². The third-order valence-electron chi connectivity index (χ3n) is 4.60. The molecule has 1 atom stereocenters. The minimum atomic E-state index is -0.207. The average Bonchev–Trinajstić information content (AvgIpc) is 3.07. The molecule has 1 amide bonds. The summed E-state index contributed by atoms with van der Waals surface area (Å²) in [6.07, 6.45) is 1.94. The fraction of sp³-hybridized carbons (Fsp3) is 0.333. The molecule has 4 nitrogen and oxygen atoms in total. The number of rotatable bonds is 7. The Morgan fingerprint density at radius 2 is 2.07 bits per heavy atom. The second-order valence-corrected chi connectivity index (χ2v) is 8.44. The van der Waals surface area contributed by atoms with Crippen molar-refractivity contribution in [3.05, 3.63) is 52.0 Å². The molecule has 0 saturated carbocycles. The van der Waals surface area contributed by atoms with Gasteiger partial charge in [0.2, 0.25) is 0 Å². The predicted octanol–water partition coefficient (Wildman–Crippen LogP) is 6.15. The van der Waals surface area contributed by atoms with E-state index in [9.17, 15) is 4.79 Å². The molecule has 1 unspecified atom stereocenters. The molecule has 0 aliphatic carbocycles. The zero-order valence-electron chi connectivity index (χ0n) is 15.7. The molecule has 1 N–H and O–H groups in total. The number of halogens is 1. The summed E-state index contributed by atoms with van der Waals surface area (Å²) in [6.45, 7) is 6.42. The number of ether oxygens (including phenoxy) is 1. The summed E-state index contributed by atoms with van der Waals surface area (Å²) < 4.78 is 7.79. The summed E-state index contributed by atoms with van der Waals surface area (Å²) in [7, 11) is 0. The van der Waals surface area contributed by atoms with E-state index in [1.165, 1.54) is 16.9 Å². The van der Waals surface area contributed by atoms with Crippen molar-refractivity contribution >= 4 is 48.5 Å². The van der Waals surface area contributed by atoms with E-state index in [0.29, 0.717) is 11.0 Å². The smallest absolute Gasteiger partial charge is 0.264 e. The van der Waals surface area contributed by atoms with E-state index >= 15 is 0 Å². The van der Waals surface area contributed by atoms with E-state index in [4.69, 9.17) is 4.74 Å². The maximum atomic E-state index is 12.3. The summed E-state index contributed by atoms with van der Waals surface area (Å²) in [5.41, 5.74) is 3.27. The molecule has 27 heavy (non-hydrogen) atoms. The quantitative estimate of drug-likeness (QED) is 0.473. The van der Waals surface area contributed by atoms with Crippen molar-refractivity contribution in [2.75, 3.05) is 11.9 Å². The third kappa shape index (κ3) is 4.87. The molecule has 0 radical (unpaired) electrons. The first-order valence-electron chi connectivity index (χ1n) is 9.11. The van der Waals surface area contributed by atoms with Gasteiger partial charge in [0, 0.05) is 4.47 Å². The zero-order valence-corrected chi connectivity index (χ0v) is 18.1. The van der Waals surface area contributed by atoms with Gasteiger partial charge in [-0.3, -0.25) is 10.1 Å². The van der Waals surface area contributed by atoms with E-state index in [-0.39, 0.29) is 12.5 Å². The molecule has 3 aromatic rings. The molecule has 0 saturated heterocycles. The van der Waals surface area contributed by atoms with Crippen LogP contribution in [0.2, 0.25) is 0 Å². The van der Waals surface area contributed by atoms with Gasteiger partial charge in [0.05, 0.1) is 10.2 Å². The van der Waals surface area contributed by atoms with Crippen molar-refractivity contribution in [1.82, 2.24) is 4.98 Å². The van der Waals surface area contributed by atoms with Gasteiger partial charge in [-0.15, -0.1) is 0 Å². The summed E-state index contributed by atoms with van der Waals surface area (Å²) in [4.78, 5) is 16.8. The Kier molecular flexibility index (Phi) is 6.50. The van der Waals surface area contributed by atoms with Crippen molar-refractivity contribution in [3.63, 3.8) is 0 Å². The van der Waals surface area contributed by atoms with Crippen LogP contribution in [-0.2, 0) is 11.2 Å². The lowest BCUT2D eigenvalue weighted by molar-refractivity contribution is -0.118. The van der Waals surface area contributed by atoms with Crippen LogP contribution in [0.4, 0.5) is 5.13 Å². The van der Waals surface area contributed by atoms with Crippen molar-refractivity contribution in [1.29, 1.82) is 0 Å². The molecule has 0 aliphatic heterocycles. The molecule has 1 heterocycles. The van der Waals surface area contributed by atoms with Crippen molar-refractivity contribution in [2.24, 2.45) is 0 Å². The molecule has 1 aromatic heterocycles. The van der Waals surface area contributed by atoms with Gasteiger partial charge in [0.25, 0.3) is 5.91 Å². The molecular weight excluding hydrogens is 424 g/mol. The number of carbonyl (C=O) groups is 1.